The minimum Gasteiger partial charge on any atom is -0.383 e. The molecule has 2 aromatic carbocycles. The molecule has 1 atom stereocenters. The molecule has 0 radical (unpaired) electrons. The van der Waals surface area contributed by atoms with Gasteiger partial charge in [0.25, 0.3) is 0 Å². The van der Waals surface area contributed by atoms with E-state index in [0.29, 0.717) is 5.02 Å². The van der Waals surface area contributed by atoms with Gasteiger partial charge in [-0.25, -0.2) is 0 Å². The number of aliphatic hydroxyl groups is 1. The highest BCUT2D eigenvalue weighted by atomic mass is 35.5. The van der Waals surface area contributed by atoms with Crippen molar-refractivity contribution in [3.8, 4) is 0 Å². The first-order valence-corrected chi connectivity index (χ1v) is 7.43. The van der Waals surface area contributed by atoms with Crippen molar-refractivity contribution in [2.45, 2.75) is 24.9 Å². The molecule has 0 aliphatic heterocycles. The Kier molecular flexibility index (Phi) is 4.43. The average Bonchev–Trinajstić information content (AvgIpc) is 2.48. The lowest BCUT2D eigenvalue weighted by atomic mass is 9.68. The van der Waals surface area contributed by atoms with Gasteiger partial charge in [-0.2, -0.15) is 0 Å². The average molecular weight is 309 g/mol. The number of alkyl halides is 1. The summed E-state index contributed by atoms with van der Waals surface area (Å²) in [7, 11) is 0. The summed E-state index contributed by atoms with van der Waals surface area (Å²) >= 11 is 12.1. The van der Waals surface area contributed by atoms with E-state index in [1.165, 1.54) is 0 Å². The third-order valence-electron chi connectivity index (χ3n) is 4.04. The van der Waals surface area contributed by atoms with Crippen LogP contribution in [0, 0.1) is 0 Å². The van der Waals surface area contributed by atoms with Crippen LogP contribution in [0.5, 0.6) is 0 Å². The summed E-state index contributed by atoms with van der Waals surface area (Å²) in [5.74, 6) is 0.108. The molecule has 0 aliphatic rings. The van der Waals surface area contributed by atoms with E-state index < -0.39 is 11.0 Å². The molecular formula is C17H18Cl2O. The van der Waals surface area contributed by atoms with E-state index in [0.717, 1.165) is 11.1 Å². The third-order valence-corrected chi connectivity index (χ3v) is 4.68. The Hall–Kier alpha value is -1.02. The predicted molar refractivity (Wildman–Crippen MR) is 85.5 cm³/mol. The van der Waals surface area contributed by atoms with Crippen LogP contribution in [0.3, 0.4) is 0 Å². The summed E-state index contributed by atoms with van der Waals surface area (Å²) in [6.07, 6.45) is 0. The highest BCUT2D eigenvalue weighted by molar-refractivity contribution is 6.30. The van der Waals surface area contributed by atoms with E-state index >= 15 is 0 Å². The van der Waals surface area contributed by atoms with E-state index in [1.807, 2.05) is 56.3 Å². The van der Waals surface area contributed by atoms with Crippen LogP contribution in [-0.2, 0) is 11.0 Å². The first-order valence-electron chi connectivity index (χ1n) is 6.52. The van der Waals surface area contributed by atoms with Crippen LogP contribution in [0.1, 0.15) is 25.0 Å². The second-order valence-corrected chi connectivity index (χ2v) is 6.20. The van der Waals surface area contributed by atoms with Gasteiger partial charge in [0.15, 0.2) is 0 Å². The fraction of sp³-hybridized carbons (Fsp3) is 0.294. The van der Waals surface area contributed by atoms with Crippen LogP contribution >= 0.6 is 23.2 Å². The SMILES string of the molecule is CC(C)(c1ccccc1)C(O)(CCl)c1ccc(Cl)cc1. The first-order chi connectivity index (χ1) is 9.41. The van der Waals surface area contributed by atoms with E-state index in [4.69, 9.17) is 23.2 Å². The molecule has 1 N–H and O–H groups in total. The number of halogens is 2. The second-order valence-electron chi connectivity index (χ2n) is 5.49. The number of hydrogen-bond donors (Lipinski definition) is 1. The van der Waals surface area contributed by atoms with Gasteiger partial charge >= 0.3 is 0 Å². The lowest BCUT2D eigenvalue weighted by Gasteiger charge is -2.42. The summed E-state index contributed by atoms with van der Waals surface area (Å²) in [4.78, 5) is 0. The molecule has 106 valence electrons. The van der Waals surface area contributed by atoms with Crippen molar-refractivity contribution in [1.82, 2.24) is 0 Å². The monoisotopic (exact) mass is 308 g/mol. The molecule has 3 heteroatoms. The topological polar surface area (TPSA) is 20.2 Å². The molecule has 2 rings (SSSR count). The summed E-state index contributed by atoms with van der Waals surface area (Å²) < 4.78 is 0. The smallest absolute Gasteiger partial charge is 0.112 e. The van der Waals surface area contributed by atoms with Gasteiger partial charge in [-0.05, 0) is 23.3 Å². The molecule has 0 aromatic heterocycles. The van der Waals surface area contributed by atoms with Gasteiger partial charge in [0.1, 0.15) is 5.60 Å². The largest absolute Gasteiger partial charge is 0.383 e. The Morgan fingerprint density at radius 3 is 1.95 bits per heavy atom. The zero-order valence-corrected chi connectivity index (χ0v) is 13.1. The lowest BCUT2D eigenvalue weighted by molar-refractivity contribution is -0.0101. The van der Waals surface area contributed by atoms with Crippen molar-refractivity contribution in [1.29, 1.82) is 0 Å². The standard InChI is InChI=1S/C17H18Cl2O/c1-16(2,13-6-4-3-5-7-13)17(20,12-18)14-8-10-15(19)11-9-14/h3-11,20H,12H2,1-2H3. The summed E-state index contributed by atoms with van der Waals surface area (Å²) in [5, 5.41) is 11.8. The molecule has 0 saturated heterocycles. The Balaban J connectivity index is 2.52. The van der Waals surface area contributed by atoms with Crippen LogP contribution in [0.15, 0.2) is 54.6 Å². The molecule has 0 fully saturated rings. The highest BCUT2D eigenvalue weighted by Crippen LogP contribution is 2.43. The molecule has 20 heavy (non-hydrogen) atoms. The van der Waals surface area contributed by atoms with Crippen molar-refractivity contribution >= 4 is 23.2 Å². The summed E-state index contributed by atoms with van der Waals surface area (Å²) in [6.45, 7) is 4.00. The first kappa shape index (κ1) is 15.4. The zero-order valence-electron chi connectivity index (χ0n) is 11.6. The second kappa shape index (κ2) is 5.77. The van der Waals surface area contributed by atoms with E-state index in [9.17, 15) is 5.11 Å². The van der Waals surface area contributed by atoms with Gasteiger partial charge in [-0.3, -0.25) is 0 Å². The van der Waals surface area contributed by atoms with Crippen LogP contribution < -0.4 is 0 Å². The van der Waals surface area contributed by atoms with Crippen molar-refractivity contribution < 1.29 is 5.11 Å². The molecule has 1 unspecified atom stereocenters. The fourth-order valence-corrected chi connectivity index (χ4v) is 3.04. The van der Waals surface area contributed by atoms with Crippen molar-refractivity contribution in [2.24, 2.45) is 0 Å². The predicted octanol–water partition coefficient (Wildman–Crippen LogP) is 4.74. The highest BCUT2D eigenvalue weighted by Gasteiger charge is 2.45. The molecule has 0 aliphatic carbocycles. The van der Waals surface area contributed by atoms with Crippen molar-refractivity contribution in [3.63, 3.8) is 0 Å². The van der Waals surface area contributed by atoms with Gasteiger partial charge in [-0.15, -0.1) is 11.6 Å². The molecule has 0 bridgehead atoms. The Bertz CT molecular complexity index is 563. The molecule has 0 spiro atoms. The number of rotatable bonds is 4. The maximum atomic E-state index is 11.2. The summed E-state index contributed by atoms with van der Waals surface area (Å²) in [6, 6.07) is 17.1. The van der Waals surface area contributed by atoms with Gasteiger partial charge in [0.2, 0.25) is 0 Å². The van der Waals surface area contributed by atoms with Gasteiger partial charge in [0, 0.05) is 10.4 Å². The number of benzene rings is 2. The molecule has 0 heterocycles. The Morgan fingerprint density at radius 1 is 0.900 bits per heavy atom. The van der Waals surface area contributed by atoms with Gasteiger partial charge in [-0.1, -0.05) is 67.9 Å². The number of hydrogen-bond acceptors (Lipinski definition) is 1. The van der Waals surface area contributed by atoms with E-state index in [1.54, 1.807) is 12.1 Å². The normalized spacial score (nSPS) is 14.8. The van der Waals surface area contributed by atoms with E-state index in [-0.39, 0.29) is 5.88 Å². The maximum absolute atomic E-state index is 11.2. The molecule has 0 saturated carbocycles. The van der Waals surface area contributed by atoms with Crippen LogP contribution in [0.4, 0.5) is 0 Å². The summed E-state index contributed by atoms with van der Waals surface area (Å²) in [5.41, 5.74) is 0.119. The van der Waals surface area contributed by atoms with Crippen LogP contribution in [0.2, 0.25) is 5.02 Å². The molecule has 1 nitrogen and oxygen atoms in total. The quantitative estimate of drug-likeness (QED) is 0.809. The lowest BCUT2D eigenvalue weighted by Crippen LogP contribution is -2.46. The van der Waals surface area contributed by atoms with Crippen LogP contribution in [0.25, 0.3) is 0 Å². The third kappa shape index (κ3) is 2.58. The fourth-order valence-electron chi connectivity index (χ4n) is 2.42. The molecular weight excluding hydrogens is 291 g/mol. The maximum Gasteiger partial charge on any atom is 0.112 e. The minimum absolute atomic E-state index is 0.108. The molecule has 0 amide bonds. The Labute approximate surface area is 130 Å². The Morgan fingerprint density at radius 2 is 1.45 bits per heavy atom. The van der Waals surface area contributed by atoms with Gasteiger partial charge < -0.3 is 5.11 Å². The molecule has 2 aromatic rings. The van der Waals surface area contributed by atoms with Crippen molar-refractivity contribution in [3.05, 3.63) is 70.7 Å². The van der Waals surface area contributed by atoms with Crippen LogP contribution in [-0.4, -0.2) is 11.0 Å². The van der Waals surface area contributed by atoms with Gasteiger partial charge in [0.05, 0.1) is 5.88 Å². The van der Waals surface area contributed by atoms with Crippen molar-refractivity contribution in [2.75, 3.05) is 5.88 Å². The zero-order chi connectivity index (χ0) is 14.8. The van der Waals surface area contributed by atoms with E-state index in [2.05, 4.69) is 0 Å². The minimum atomic E-state index is -1.17.